The molecule has 2 amide bonds. The van der Waals surface area contributed by atoms with Crippen molar-refractivity contribution in [2.45, 2.75) is 52.1 Å². The van der Waals surface area contributed by atoms with Crippen molar-refractivity contribution in [3.63, 3.8) is 0 Å². The summed E-state index contributed by atoms with van der Waals surface area (Å²) >= 11 is 0. The van der Waals surface area contributed by atoms with Gasteiger partial charge in [-0.15, -0.1) is 0 Å². The van der Waals surface area contributed by atoms with Crippen LogP contribution < -0.4 is 15.5 Å². The Bertz CT molecular complexity index is 1120. The summed E-state index contributed by atoms with van der Waals surface area (Å²) in [5.74, 6) is 0.297. The molecule has 0 aromatic heterocycles. The number of hydrogen-bond acceptors (Lipinski definition) is 3. The van der Waals surface area contributed by atoms with E-state index in [0.717, 1.165) is 34.9 Å². The van der Waals surface area contributed by atoms with Gasteiger partial charge in [0.1, 0.15) is 0 Å². The molecule has 180 valence electrons. The fraction of sp³-hybridized carbons (Fsp3) is 0.379. The van der Waals surface area contributed by atoms with E-state index in [1.807, 2.05) is 66.7 Å². The van der Waals surface area contributed by atoms with Crippen LogP contribution in [0.4, 0.5) is 5.69 Å². The van der Waals surface area contributed by atoms with Gasteiger partial charge in [0, 0.05) is 31.4 Å². The zero-order valence-corrected chi connectivity index (χ0v) is 21.0. The Kier molecular flexibility index (Phi) is 8.69. The van der Waals surface area contributed by atoms with Crippen LogP contribution >= 0.6 is 0 Å². The van der Waals surface area contributed by atoms with Gasteiger partial charge in [0.15, 0.2) is 0 Å². The third-order valence-electron chi connectivity index (χ3n) is 6.45. The van der Waals surface area contributed by atoms with Crippen molar-refractivity contribution in [1.29, 1.82) is 0 Å². The van der Waals surface area contributed by atoms with Gasteiger partial charge < -0.3 is 15.5 Å². The monoisotopic (exact) mass is 459 g/mol. The summed E-state index contributed by atoms with van der Waals surface area (Å²) < 4.78 is 0. The number of anilines is 1. The Morgan fingerprint density at radius 1 is 0.971 bits per heavy atom. The minimum Gasteiger partial charge on any atom is -0.372 e. The van der Waals surface area contributed by atoms with Crippen molar-refractivity contribution >= 4 is 28.3 Å². The minimum absolute atomic E-state index is 0.119. The number of carbonyl (C=O) groups is 2. The second-order valence-corrected chi connectivity index (χ2v) is 9.32. The maximum Gasteiger partial charge on any atom is 0.251 e. The van der Waals surface area contributed by atoms with Crippen molar-refractivity contribution in [2.24, 2.45) is 5.92 Å². The predicted octanol–water partition coefficient (Wildman–Crippen LogP) is 5.71. The smallest absolute Gasteiger partial charge is 0.251 e. The molecule has 3 aromatic rings. The average Bonchev–Trinajstić information content (AvgIpc) is 2.85. The lowest BCUT2D eigenvalue weighted by Crippen LogP contribution is -2.34. The van der Waals surface area contributed by atoms with Gasteiger partial charge in [-0.25, -0.2) is 0 Å². The highest BCUT2D eigenvalue weighted by Gasteiger charge is 2.22. The van der Waals surface area contributed by atoms with Crippen LogP contribution in [0.3, 0.4) is 0 Å². The SMILES string of the molecule is CCC(CC(C)C)N(C)c1cccc(C(=O)NC(CC(=O)NC)c2cccc3ccccc23)c1. The molecular formula is C29H37N3O2. The highest BCUT2D eigenvalue weighted by atomic mass is 16.2. The van der Waals surface area contributed by atoms with E-state index < -0.39 is 6.04 Å². The zero-order chi connectivity index (χ0) is 24.7. The third-order valence-corrected chi connectivity index (χ3v) is 6.45. The van der Waals surface area contributed by atoms with Gasteiger partial charge in [-0.1, -0.05) is 69.3 Å². The number of amides is 2. The van der Waals surface area contributed by atoms with Crippen molar-refractivity contribution in [2.75, 3.05) is 19.0 Å². The first kappa shape index (κ1) is 25.3. The van der Waals surface area contributed by atoms with E-state index in [1.54, 1.807) is 7.05 Å². The van der Waals surface area contributed by atoms with Gasteiger partial charge in [-0.05, 0) is 53.3 Å². The standard InChI is InChI=1S/C29H37N3O2/c1-6-23(17-20(2)3)32(5)24-14-9-13-22(18-24)29(34)31-27(19-28(33)30-4)26-16-10-12-21-11-7-8-15-25(21)26/h7-16,18,20,23,27H,6,17,19H2,1-5H3,(H,30,33)(H,31,34). The average molecular weight is 460 g/mol. The number of nitrogens with zero attached hydrogens (tertiary/aromatic N) is 1. The molecular weight excluding hydrogens is 422 g/mol. The first-order valence-corrected chi connectivity index (χ1v) is 12.2. The molecule has 5 nitrogen and oxygen atoms in total. The van der Waals surface area contributed by atoms with Gasteiger partial charge in [-0.2, -0.15) is 0 Å². The second kappa shape index (κ2) is 11.7. The molecule has 0 saturated heterocycles. The molecule has 0 fully saturated rings. The fourth-order valence-electron chi connectivity index (χ4n) is 4.54. The number of fused-ring (bicyclic) bond motifs is 1. The van der Waals surface area contributed by atoms with Crippen molar-refractivity contribution in [3.8, 4) is 0 Å². The summed E-state index contributed by atoms with van der Waals surface area (Å²) in [6, 6.07) is 21.7. The van der Waals surface area contributed by atoms with E-state index in [2.05, 4.69) is 43.4 Å². The molecule has 0 radical (unpaired) electrons. The molecule has 0 aliphatic rings. The van der Waals surface area contributed by atoms with E-state index in [4.69, 9.17) is 0 Å². The van der Waals surface area contributed by atoms with Crippen LogP contribution in [-0.2, 0) is 4.79 Å². The van der Waals surface area contributed by atoms with E-state index in [-0.39, 0.29) is 18.2 Å². The van der Waals surface area contributed by atoms with Gasteiger partial charge in [0.2, 0.25) is 5.91 Å². The Morgan fingerprint density at radius 3 is 2.38 bits per heavy atom. The number of hydrogen-bond donors (Lipinski definition) is 2. The first-order valence-electron chi connectivity index (χ1n) is 12.2. The normalized spacial score (nSPS) is 12.9. The Balaban J connectivity index is 1.89. The molecule has 3 aromatic carbocycles. The molecule has 0 bridgehead atoms. The van der Waals surface area contributed by atoms with E-state index in [0.29, 0.717) is 17.5 Å². The molecule has 0 aliphatic carbocycles. The number of rotatable bonds is 10. The molecule has 34 heavy (non-hydrogen) atoms. The van der Waals surface area contributed by atoms with Gasteiger partial charge >= 0.3 is 0 Å². The first-order chi connectivity index (χ1) is 16.3. The molecule has 0 saturated carbocycles. The highest BCUT2D eigenvalue weighted by Crippen LogP contribution is 2.27. The van der Waals surface area contributed by atoms with Crippen LogP contribution in [0.5, 0.6) is 0 Å². The summed E-state index contributed by atoms with van der Waals surface area (Å²) in [6.07, 6.45) is 2.31. The summed E-state index contributed by atoms with van der Waals surface area (Å²) in [7, 11) is 3.71. The van der Waals surface area contributed by atoms with Crippen LogP contribution in [0.2, 0.25) is 0 Å². The topological polar surface area (TPSA) is 61.4 Å². The Morgan fingerprint density at radius 2 is 1.68 bits per heavy atom. The van der Waals surface area contributed by atoms with Crippen LogP contribution in [0, 0.1) is 5.92 Å². The molecule has 2 unspecified atom stereocenters. The lowest BCUT2D eigenvalue weighted by Gasteiger charge is -2.31. The number of carbonyl (C=O) groups excluding carboxylic acids is 2. The molecule has 0 spiro atoms. The van der Waals surface area contributed by atoms with Crippen molar-refractivity contribution in [1.82, 2.24) is 10.6 Å². The maximum absolute atomic E-state index is 13.4. The molecule has 2 N–H and O–H groups in total. The Hall–Kier alpha value is -3.34. The molecule has 0 heterocycles. The number of nitrogens with one attached hydrogen (secondary N) is 2. The van der Waals surface area contributed by atoms with Crippen molar-refractivity contribution < 1.29 is 9.59 Å². The van der Waals surface area contributed by atoms with E-state index >= 15 is 0 Å². The molecule has 3 rings (SSSR count). The van der Waals surface area contributed by atoms with E-state index in [1.165, 1.54) is 0 Å². The van der Waals surface area contributed by atoms with Crippen LogP contribution in [0.1, 0.15) is 62.0 Å². The number of benzene rings is 3. The molecule has 5 heteroatoms. The lowest BCUT2D eigenvalue weighted by molar-refractivity contribution is -0.121. The van der Waals surface area contributed by atoms with E-state index in [9.17, 15) is 9.59 Å². The summed E-state index contributed by atoms with van der Waals surface area (Å²) in [5, 5.41) is 7.93. The quantitative estimate of drug-likeness (QED) is 0.408. The lowest BCUT2D eigenvalue weighted by atomic mass is 9.96. The van der Waals surface area contributed by atoms with Gasteiger partial charge in [0.05, 0.1) is 12.5 Å². The third kappa shape index (κ3) is 6.16. The second-order valence-electron chi connectivity index (χ2n) is 9.32. The van der Waals surface area contributed by atoms with Gasteiger partial charge in [-0.3, -0.25) is 9.59 Å². The van der Waals surface area contributed by atoms with Gasteiger partial charge in [0.25, 0.3) is 5.91 Å². The van der Waals surface area contributed by atoms with Crippen LogP contribution in [0.25, 0.3) is 10.8 Å². The molecule has 0 aliphatic heterocycles. The van der Waals surface area contributed by atoms with Crippen LogP contribution in [-0.4, -0.2) is 32.0 Å². The largest absolute Gasteiger partial charge is 0.372 e. The Labute approximate surface area is 203 Å². The molecule has 2 atom stereocenters. The summed E-state index contributed by atoms with van der Waals surface area (Å²) in [5.41, 5.74) is 2.55. The highest BCUT2D eigenvalue weighted by molar-refractivity contribution is 5.96. The predicted molar refractivity (Wildman–Crippen MR) is 141 cm³/mol. The maximum atomic E-state index is 13.4. The fourth-order valence-corrected chi connectivity index (χ4v) is 4.54. The zero-order valence-electron chi connectivity index (χ0n) is 21.0. The summed E-state index contributed by atoms with van der Waals surface area (Å²) in [6.45, 7) is 6.67. The van der Waals surface area contributed by atoms with Crippen LogP contribution in [0.15, 0.2) is 66.7 Å². The minimum atomic E-state index is -0.440. The summed E-state index contributed by atoms with van der Waals surface area (Å²) in [4.78, 5) is 28.0. The van der Waals surface area contributed by atoms with Crippen molar-refractivity contribution in [3.05, 3.63) is 77.9 Å².